The van der Waals surface area contributed by atoms with E-state index in [9.17, 15) is 4.79 Å². The van der Waals surface area contributed by atoms with Gasteiger partial charge in [-0.3, -0.25) is 4.79 Å². The first-order valence-corrected chi connectivity index (χ1v) is 11.6. The van der Waals surface area contributed by atoms with Gasteiger partial charge in [0, 0.05) is 10.7 Å². The number of halogens is 1. The van der Waals surface area contributed by atoms with Crippen molar-refractivity contribution in [3.8, 4) is 5.75 Å². The van der Waals surface area contributed by atoms with Crippen LogP contribution in [-0.4, -0.2) is 26.0 Å². The van der Waals surface area contributed by atoms with Crippen LogP contribution in [0.3, 0.4) is 0 Å². The molecule has 0 saturated carbocycles. The molecular formula is C24H20ClN5O2S. The number of carbonyl (C=O) groups is 1. The summed E-state index contributed by atoms with van der Waals surface area (Å²) in [7, 11) is 0. The lowest BCUT2D eigenvalue weighted by Gasteiger charge is -2.33. The van der Waals surface area contributed by atoms with E-state index < -0.39 is 5.25 Å². The minimum atomic E-state index is -0.470. The van der Waals surface area contributed by atoms with Gasteiger partial charge < -0.3 is 15.5 Å². The van der Waals surface area contributed by atoms with Crippen LogP contribution < -0.4 is 15.5 Å². The van der Waals surface area contributed by atoms with Crippen molar-refractivity contribution in [2.24, 2.45) is 0 Å². The quantitative estimate of drug-likeness (QED) is 0.410. The summed E-state index contributed by atoms with van der Waals surface area (Å²) in [5.74, 6) is 1.23. The Labute approximate surface area is 200 Å². The number of fused-ring (bicyclic) bond motifs is 1. The zero-order valence-electron chi connectivity index (χ0n) is 17.4. The van der Waals surface area contributed by atoms with Gasteiger partial charge in [0.15, 0.2) is 5.82 Å². The number of thioether (sulfide) groups is 1. The first-order valence-electron chi connectivity index (χ1n) is 10.3. The van der Waals surface area contributed by atoms with Crippen molar-refractivity contribution in [2.75, 3.05) is 10.7 Å². The van der Waals surface area contributed by atoms with Crippen LogP contribution in [0.25, 0.3) is 0 Å². The van der Waals surface area contributed by atoms with Crippen LogP contribution in [0, 0.1) is 0 Å². The lowest BCUT2D eigenvalue weighted by atomic mass is 10.0. The van der Waals surface area contributed by atoms with Gasteiger partial charge >= 0.3 is 0 Å². The predicted octanol–water partition coefficient (Wildman–Crippen LogP) is 4.91. The van der Waals surface area contributed by atoms with E-state index in [-0.39, 0.29) is 18.6 Å². The van der Waals surface area contributed by atoms with E-state index in [1.807, 2.05) is 60.7 Å². The SMILES string of the molecule is O=C(Nc1ccc(Cl)cc1)[C@@H]1Sc2nnc(COc3ccccc3)n2N[C@@H]1c1ccccc1. The molecule has 166 valence electrons. The third-order valence-corrected chi connectivity index (χ3v) is 6.61. The Morgan fingerprint density at radius 2 is 1.70 bits per heavy atom. The van der Waals surface area contributed by atoms with Gasteiger partial charge in [0.2, 0.25) is 11.1 Å². The normalized spacial score (nSPS) is 17.0. The molecule has 1 aromatic heterocycles. The van der Waals surface area contributed by atoms with Gasteiger partial charge in [0.05, 0.1) is 6.04 Å². The van der Waals surface area contributed by atoms with Crippen LogP contribution in [0.1, 0.15) is 17.4 Å². The number of nitrogens with one attached hydrogen (secondary N) is 2. The van der Waals surface area contributed by atoms with Gasteiger partial charge in [0.25, 0.3) is 0 Å². The standard InChI is InChI=1S/C24H20ClN5O2S/c25-17-11-13-18(14-12-17)26-23(31)22-21(16-7-3-1-4-8-16)29-30-20(27-28-24(30)33-22)15-32-19-9-5-2-6-10-19/h1-14,21-22,29H,15H2,(H,26,31)/t21-,22-/m1/s1. The number of hydrogen-bond donors (Lipinski definition) is 2. The van der Waals surface area contributed by atoms with Gasteiger partial charge in [-0.2, -0.15) is 0 Å². The molecule has 2 atom stereocenters. The van der Waals surface area contributed by atoms with Crippen molar-refractivity contribution in [2.45, 2.75) is 23.1 Å². The number of carbonyl (C=O) groups excluding carboxylic acids is 1. The zero-order chi connectivity index (χ0) is 22.6. The maximum Gasteiger partial charge on any atom is 0.240 e. The molecule has 1 aliphatic heterocycles. The molecule has 1 aliphatic rings. The van der Waals surface area contributed by atoms with E-state index in [1.165, 1.54) is 11.8 Å². The molecule has 1 amide bonds. The Hall–Kier alpha value is -3.49. The fourth-order valence-electron chi connectivity index (χ4n) is 3.51. The molecule has 2 heterocycles. The highest BCUT2D eigenvalue weighted by Crippen LogP contribution is 2.37. The Morgan fingerprint density at radius 1 is 1.00 bits per heavy atom. The lowest BCUT2D eigenvalue weighted by Crippen LogP contribution is -2.41. The highest BCUT2D eigenvalue weighted by atomic mass is 35.5. The molecule has 5 rings (SSSR count). The highest BCUT2D eigenvalue weighted by Gasteiger charge is 2.37. The molecule has 7 nitrogen and oxygen atoms in total. The van der Waals surface area contributed by atoms with E-state index in [4.69, 9.17) is 16.3 Å². The zero-order valence-corrected chi connectivity index (χ0v) is 19.0. The van der Waals surface area contributed by atoms with Gasteiger partial charge in [-0.05, 0) is 42.0 Å². The molecule has 4 aromatic rings. The van der Waals surface area contributed by atoms with E-state index in [0.29, 0.717) is 21.7 Å². The van der Waals surface area contributed by atoms with Gasteiger partial charge in [0.1, 0.15) is 17.6 Å². The van der Waals surface area contributed by atoms with Gasteiger partial charge in [-0.25, -0.2) is 4.68 Å². The van der Waals surface area contributed by atoms with Crippen LogP contribution in [-0.2, 0) is 11.4 Å². The molecule has 0 unspecified atom stereocenters. The van der Waals surface area contributed by atoms with Crippen molar-refractivity contribution in [3.05, 3.63) is 101 Å². The smallest absolute Gasteiger partial charge is 0.240 e. The number of aromatic nitrogens is 3. The Bertz CT molecular complexity index is 1230. The molecule has 9 heteroatoms. The molecule has 0 bridgehead atoms. The summed E-state index contributed by atoms with van der Waals surface area (Å²) in [5.41, 5.74) is 5.10. The number of benzene rings is 3. The minimum absolute atomic E-state index is 0.139. The summed E-state index contributed by atoms with van der Waals surface area (Å²) < 4.78 is 7.66. The van der Waals surface area contributed by atoms with E-state index in [1.54, 1.807) is 28.9 Å². The summed E-state index contributed by atoms with van der Waals surface area (Å²) in [5, 5.41) is 12.3. The molecule has 0 saturated heterocycles. The summed E-state index contributed by atoms with van der Waals surface area (Å²) in [4.78, 5) is 13.3. The highest BCUT2D eigenvalue weighted by molar-refractivity contribution is 8.00. The number of para-hydroxylation sites is 1. The van der Waals surface area contributed by atoms with Crippen LogP contribution in [0.15, 0.2) is 90.1 Å². The molecule has 0 spiro atoms. The fourth-order valence-corrected chi connectivity index (χ4v) is 4.74. The number of ether oxygens (including phenoxy) is 1. The number of nitrogens with zero attached hydrogens (tertiary/aromatic N) is 3. The molecule has 33 heavy (non-hydrogen) atoms. The van der Waals surface area contributed by atoms with Crippen molar-refractivity contribution in [1.82, 2.24) is 14.9 Å². The van der Waals surface area contributed by atoms with Crippen LogP contribution >= 0.6 is 23.4 Å². The van der Waals surface area contributed by atoms with Gasteiger partial charge in [-0.1, -0.05) is 71.9 Å². The first-order chi connectivity index (χ1) is 16.2. The lowest BCUT2D eigenvalue weighted by molar-refractivity contribution is -0.116. The predicted molar refractivity (Wildman–Crippen MR) is 129 cm³/mol. The van der Waals surface area contributed by atoms with Crippen molar-refractivity contribution < 1.29 is 9.53 Å². The first kappa shape index (κ1) is 21.4. The number of anilines is 1. The maximum atomic E-state index is 13.3. The Morgan fingerprint density at radius 3 is 2.42 bits per heavy atom. The van der Waals surface area contributed by atoms with E-state index in [0.717, 1.165) is 11.3 Å². The molecule has 0 fully saturated rings. The van der Waals surface area contributed by atoms with Crippen molar-refractivity contribution >= 4 is 35.0 Å². The maximum absolute atomic E-state index is 13.3. The summed E-state index contributed by atoms with van der Waals surface area (Å²) in [6, 6.07) is 26.1. The average molecular weight is 478 g/mol. The van der Waals surface area contributed by atoms with E-state index >= 15 is 0 Å². The number of amides is 1. The van der Waals surface area contributed by atoms with Crippen molar-refractivity contribution in [1.29, 1.82) is 0 Å². The van der Waals surface area contributed by atoms with Gasteiger partial charge in [-0.15, -0.1) is 10.2 Å². The monoisotopic (exact) mass is 477 g/mol. The molecular weight excluding hydrogens is 458 g/mol. The average Bonchev–Trinajstić information content (AvgIpc) is 3.26. The summed E-state index contributed by atoms with van der Waals surface area (Å²) >= 11 is 7.33. The number of hydrogen-bond acceptors (Lipinski definition) is 6. The minimum Gasteiger partial charge on any atom is -0.486 e. The fraction of sp³-hybridized carbons (Fsp3) is 0.125. The molecule has 0 radical (unpaired) electrons. The van der Waals surface area contributed by atoms with Crippen molar-refractivity contribution in [3.63, 3.8) is 0 Å². The van der Waals surface area contributed by atoms with Crippen LogP contribution in [0.2, 0.25) is 5.02 Å². The second-order valence-electron chi connectivity index (χ2n) is 7.39. The molecule has 0 aliphatic carbocycles. The molecule has 3 aromatic carbocycles. The molecule has 2 N–H and O–H groups in total. The third-order valence-electron chi connectivity index (χ3n) is 5.14. The summed E-state index contributed by atoms with van der Waals surface area (Å²) in [6.07, 6.45) is 0. The largest absolute Gasteiger partial charge is 0.486 e. The Balaban J connectivity index is 1.40. The van der Waals surface area contributed by atoms with Crippen LogP contribution in [0.4, 0.5) is 5.69 Å². The number of rotatable bonds is 6. The summed E-state index contributed by atoms with van der Waals surface area (Å²) in [6.45, 7) is 0.244. The topological polar surface area (TPSA) is 81.1 Å². The Kier molecular flexibility index (Phi) is 6.19. The third kappa shape index (κ3) is 4.81. The second-order valence-corrected chi connectivity index (χ2v) is 8.93. The second kappa shape index (κ2) is 9.56. The van der Waals surface area contributed by atoms with Crippen LogP contribution in [0.5, 0.6) is 5.75 Å². The van der Waals surface area contributed by atoms with E-state index in [2.05, 4.69) is 20.9 Å².